The summed E-state index contributed by atoms with van der Waals surface area (Å²) in [6.07, 6.45) is 3.57. The first-order valence-electron chi connectivity index (χ1n) is 8.93. The van der Waals surface area contributed by atoms with Gasteiger partial charge in [-0.05, 0) is 25.2 Å². The first-order chi connectivity index (χ1) is 12.1. The molecule has 3 rings (SSSR count). The standard InChI is InChI=1S/C19H25N3O3/c1-13(2)17(20-16(23)11-10-15-9-6-12-24-15)19-21-18(22-25-19)14-7-4-3-5-8-14/h3-5,7-8,13,15,17H,6,9-12H2,1-2H3,(H,20,23)/t15-,17+/m1/s1. The van der Waals surface area contributed by atoms with Crippen LogP contribution in [0.1, 0.15) is 51.5 Å². The first-order valence-corrected chi connectivity index (χ1v) is 8.93. The van der Waals surface area contributed by atoms with Gasteiger partial charge in [-0.2, -0.15) is 4.98 Å². The molecular formula is C19H25N3O3. The molecule has 134 valence electrons. The molecule has 1 saturated heterocycles. The molecule has 1 aliphatic heterocycles. The topological polar surface area (TPSA) is 77.2 Å². The Morgan fingerprint density at radius 2 is 2.12 bits per heavy atom. The van der Waals surface area contributed by atoms with Gasteiger partial charge in [0.2, 0.25) is 17.6 Å². The number of rotatable bonds is 7. The van der Waals surface area contributed by atoms with E-state index in [-0.39, 0.29) is 24.0 Å². The van der Waals surface area contributed by atoms with Gasteiger partial charge in [0.05, 0.1) is 6.10 Å². The van der Waals surface area contributed by atoms with Crippen LogP contribution in [0, 0.1) is 5.92 Å². The van der Waals surface area contributed by atoms with Crippen LogP contribution in [0.5, 0.6) is 0 Å². The molecular weight excluding hydrogens is 318 g/mol. The quantitative estimate of drug-likeness (QED) is 0.832. The van der Waals surface area contributed by atoms with Crippen molar-refractivity contribution < 1.29 is 14.1 Å². The maximum Gasteiger partial charge on any atom is 0.249 e. The molecule has 0 saturated carbocycles. The molecule has 1 aliphatic rings. The van der Waals surface area contributed by atoms with Crippen molar-refractivity contribution in [2.24, 2.45) is 5.92 Å². The lowest BCUT2D eigenvalue weighted by Gasteiger charge is -2.19. The zero-order valence-electron chi connectivity index (χ0n) is 14.8. The van der Waals surface area contributed by atoms with E-state index in [4.69, 9.17) is 9.26 Å². The molecule has 1 amide bonds. The van der Waals surface area contributed by atoms with Crippen LogP contribution in [0.2, 0.25) is 0 Å². The number of aromatic nitrogens is 2. The van der Waals surface area contributed by atoms with Gasteiger partial charge < -0.3 is 14.6 Å². The van der Waals surface area contributed by atoms with Gasteiger partial charge in [0.1, 0.15) is 6.04 Å². The van der Waals surface area contributed by atoms with Gasteiger partial charge in [-0.25, -0.2) is 0 Å². The fourth-order valence-electron chi connectivity index (χ4n) is 2.99. The summed E-state index contributed by atoms with van der Waals surface area (Å²) in [5.41, 5.74) is 0.893. The summed E-state index contributed by atoms with van der Waals surface area (Å²) in [5, 5.41) is 7.08. The lowest BCUT2D eigenvalue weighted by Crippen LogP contribution is -2.32. The van der Waals surface area contributed by atoms with E-state index in [9.17, 15) is 4.79 Å². The van der Waals surface area contributed by atoms with Crippen LogP contribution in [-0.4, -0.2) is 28.8 Å². The maximum absolute atomic E-state index is 12.3. The van der Waals surface area contributed by atoms with Crippen molar-refractivity contribution >= 4 is 5.91 Å². The first kappa shape index (κ1) is 17.6. The number of amides is 1. The zero-order valence-corrected chi connectivity index (χ0v) is 14.8. The molecule has 0 aliphatic carbocycles. The van der Waals surface area contributed by atoms with Crippen molar-refractivity contribution in [1.29, 1.82) is 0 Å². The van der Waals surface area contributed by atoms with E-state index in [0.29, 0.717) is 18.1 Å². The molecule has 0 spiro atoms. The predicted molar refractivity (Wildman–Crippen MR) is 93.7 cm³/mol. The summed E-state index contributed by atoms with van der Waals surface area (Å²) >= 11 is 0. The predicted octanol–water partition coefficient (Wildman–Crippen LogP) is 3.51. The summed E-state index contributed by atoms with van der Waals surface area (Å²) in [5.74, 6) is 1.12. The number of hydrogen-bond acceptors (Lipinski definition) is 5. The highest BCUT2D eigenvalue weighted by atomic mass is 16.5. The van der Waals surface area contributed by atoms with Crippen LogP contribution in [-0.2, 0) is 9.53 Å². The molecule has 2 aromatic rings. The summed E-state index contributed by atoms with van der Waals surface area (Å²) in [6, 6.07) is 9.37. The van der Waals surface area contributed by atoms with Crippen LogP contribution in [0.15, 0.2) is 34.9 Å². The molecule has 0 unspecified atom stereocenters. The largest absolute Gasteiger partial charge is 0.378 e. The van der Waals surface area contributed by atoms with Gasteiger partial charge in [0, 0.05) is 18.6 Å². The fourth-order valence-corrected chi connectivity index (χ4v) is 2.99. The number of nitrogens with one attached hydrogen (secondary N) is 1. The number of carbonyl (C=O) groups excluding carboxylic acids is 1. The Labute approximate surface area is 148 Å². The van der Waals surface area contributed by atoms with E-state index in [2.05, 4.69) is 15.5 Å². The third-order valence-corrected chi connectivity index (χ3v) is 4.44. The van der Waals surface area contributed by atoms with E-state index < -0.39 is 0 Å². The molecule has 2 atom stereocenters. The Hall–Kier alpha value is -2.21. The smallest absolute Gasteiger partial charge is 0.249 e. The summed E-state index contributed by atoms with van der Waals surface area (Å²) in [7, 11) is 0. The molecule has 1 fully saturated rings. The molecule has 1 N–H and O–H groups in total. The third kappa shape index (κ3) is 4.66. The normalized spacial score (nSPS) is 18.4. The SMILES string of the molecule is CC(C)[C@H](NC(=O)CC[C@H]1CCCO1)c1nc(-c2ccccc2)no1. The second-order valence-corrected chi connectivity index (χ2v) is 6.79. The Bertz CT molecular complexity index is 678. The van der Waals surface area contributed by atoms with Gasteiger partial charge in [-0.1, -0.05) is 49.3 Å². The van der Waals surface area contributed by atoms with Gasteiger partial charge in [0.25, 0.3) is 0 Å². The molecule has 0 radical (unpaired) electrons. The minimum atomic E-state index is -0.290. The van der Waals surface area contributed by atoms with Crippen LogP contribution in [0.4, 0.5) is 0 Å². The lowest BCUT2D eigenvalue weighted by atomic mass is 10.0. The van der Waals surface area contributed by atoms with Gasteiger partial charge in [0.15, 0.2) is 0 Å². The van der Waals surface area contributed by atoms with Crippen molar-refractivity contribution in [3.05, 3.63) is 36.2 Å². The van der Waals surface area contributed by atoms with Gasteiger partial charge >= 0.3 is 0 Å². The van der Waals surface area contributed by atoms with Crippen LogP contribution in [0.25, 0.3) is 11.4 Å². The van der Waals surface area contributed by atoms with E-state index in [1.54, 1.807) is 0 Å². The van der Waals surface area contributed by atoms with E-state index in [1.165, 1.54) is 0 Å². The molecule has 2 heterocycles. The molecule has 6 nitrogen and oxygen atoms in total. The average Bonchev–Trinajstić information content (AvgIpc) is 3.30. The summed E-state index contributed by atoms with van der Waals surface area (Å²) in [4.78, 5) is 16.8. The fraction of sp³-hybridized carbons (Fsp3) is 0.526. The monoisotopic (exact) mass is 343 g/mol. The van der Waals surface area contributed by atoms with Crippen molar-refractivity contribution in [1.82, 2.24) is 15.5 Å². The average molecular weight is 343 g/mol. The number of ether oxygens (including phenoxy) is 1. The number of carbonyl (C=O) groups is 1. The lowest BCUT2D eigenvalue weighted by molar-refractivity contribution is -0.123. The number of nitrogens with zero attached hydrogens (tertiary/aromatic N) is 2. The van der Waals surface area contributed by atoms with Crippen LogP contribution < -0.4 is 5.32 Å². The minimum absolute atomic E-state index is 0.00587. The zero-order chi connectivity index (χ0) is 17.6. The second kappa shape index (κ2) is 8.25. The number of hydrogen-bond donors (Lipinski definition) is 1. The molecule has 25 heavy (non-hydrogen) atoms. The number of benzene rings is 1. The highest BCUT2D eigenvalue weighted by Gasteiger charge is 2.25. The maximum atomic E-state index is 12.3. The van der Waals surface area contributed by atoms with Gasteiger partial charge in [-0.3, -0.25) is 4.79 Å². The van der Waals surface area contributed by atoms with Crippen LogP contribution >= 0.6 is 0 Å². The van der Waals surface area contributed by atoms with Crippen molar-refractivity contribution in [3.8, 4) is 11.4 Å². The minimum Gasteiger partial charge on any atom is -0.378 e. The highest BCUT2D eigenvalue weighted by molar-refractivity contribution is 5.76. The molecule has 6 heteroatoms. The highest BCUT2D eigenvalue weighted by Crippen LogP contribution is 2.24. The van der Waals surface area contributed by atoms with Crippen molar-refractivity contribution in [3.63, 3.8) is 0 Å². The Balaban J connectivity index is 1.62. The Morgan fingerprint density at radius 3 is 2.80 bits per heavy atom. The van der Waals surface area contributed by atoms with Crippen molar-refractivity contribution in [2.75, 3.05) is 6.61 Å². The van der Waals surface area contributed by atoms with Gasteiger partial charge in [-0.15, -0.1) is 0 Å². The third-order valence-electron chi connectivity index (χ3n) is 4.44. The molecule has 1 aromatic carbocycles. The van der Waals surface area contributed by atoms with Crippen LogP contribution in [0.3, 0.4) is 0 Å². The Kier molecular flexibility index (Phi) is 5.81. The Morgan fingerprint density at radius 1 is 1.32 bits per heavy atom. The molecule has 1 aromatic heterocycles. The molecule has 0 bridgehead atoms. The second-order valence-electron chi connectivity index (χ2n) is 6.79. The van der Waals surface area contributed by atoms with Crippen molar-refractivity contribution in [2.45, 2.75) is 51.7 Å². The van der Waals surface area contributed by atoms with E-state index >= 15 is 0 Å². The summed E-state index contributed by atoms with van der Waals surface area (Å²) in [6.45, 7) is 4.86. The van der Waals surface area contributed by atoms with E-state index in [0.717, 1.165) is 31.4 Å². The van der Waals surface area contributed by atoms with E-state index in [1.807, 2.05) is 44.2 Å². The summed E-state index contributed by atoms with van der Waals surface area (Å²) < 4.78 is 11.0.